The minimum atomic E-state index is -4.16. The maximum Gasteiger partial charge on any atom is 0.390 e. The van der Waals surface area contributed by atoms with Crippen molar-refractivity contribution in [2.75, 3.05) is 6.54 Å². The molecule has 102 valence electrons. The van der Waals surface area contributed by atoms with Gasteiger partial charge in [0.1, 0.15) is 5.84 Å². The third-order valence-corrected chi connectivity index (χ3v) is 2.58. The Labute approximate surface area is 99.1 Å². The Morgan fingerprint density at radius 2 is 1.94 bits per heavy atom. The summed E-state index contributed by atoms with van der Waals surface area (Å²) < 4.78 is 36.1. The highest BCUT2D eigenvalue weighted by Crippen LogP contribution is 2.22. The van der Waals surface area contributed by atoms with Gasteiger partial charge >= 0.3 is 6.18 Å². The van der Waals surface area contributed by atoms with Gasteiger partial charge in [0.15, 0.2) is 0 Å². The first-order chi connectivity index (χ1) is 7.58. The molecule has 0 aromatic rings. The second-order valence-corrected chi connectivity index (χ2v) is 4.79. The number of alkyl halides is 3. The fourth-order valence-electron chi connectivity index (χ4n) is 1.31. The Balaban J connectivity index is 4.00. The van der Waals surface area contributed by atoms with Gasteiger partial charge in [-0.25, -0.2) is 0 Å². The van der Waals surface area contributed by atoms with Crippen LogP contribution in [0.5, 0.6) is 0 Å². The first-order valence-corrected chi connectivity index (χ1v) is 5.36. The number of hydrogen-bond donors (Lipinski definition) is 3. The van der Waals surface area contributed by atoms with Crippen molar-refractivity contribution >= 4 is 5.84 Å². The minimum Gasteiger partial charge on any atom is -0.409 e. The molecule has 0 radical (unpaired) electrons. The van der Waals surface area contributed by atoms with Crippen LogP contribution in [0, 0.1) is 5.41 Å². The second kappa shape index (κ2) is 6.09. The van der Waals surface area contributed by atoms with Gasteiger partial charge in [-0.15, -0.1) is 0 Å². The summed E-state index contributed by atoms with van der Waals surface area (Å²) in [7, 11) is 0. The Morgan fingerprint density at radius 3 is 2.35 bits per heavy atom. The number of halogens is 3. The lowest BCUT2D eigenvalue weighted by Gasteiger charge is -2.24. The Morgan fingerprint density at radius 1 is 1.41 bits per heavy atom. The van der Waals surface area contributed by atoms with Crippen LogP contribution >= 0.6 is 0 Å². The Hall–Kier alpha value is -0.980. The van der Waals surface area contributed by atoms with Crippen molar-refractivity contribution in [2.24, 2.45) is 16.3 Å². The lowest BCUT2D eigenvalue weighted by Crippen LogP contribution is -2.38. The number of amidine groups is 1. The molecule has 1 unspecified atom stereocenters. The molecule has 17 heavy (non-hydrogen) atoms. The normalized spacial score (nSPS) is 16.0. The molecule has 0 rings (SSSR count). The molecule has 0 aromatic carbocycles. The van der Waals surface area contributed by atoms with E-state index in [0.717, 1.165) is 0 Å². The molecule has 0 aromatic heterocycles. The van der Waals surface area contributed by atoms with Crippen LogP contribution in [-0.2, 0) is 0 Å². The third kappa shape index (κ3) is 7.04. The summed E-state index contributed by atoms with van der Waals surface area (Å²) in [4.78, 5) is 0. The van der Waals surface area contributed by atoms with Crippen LogP contribution in [-0.4, -0.2) is 29.8 Å². The minimum absolute atomic E-state index is 0.0720. The molecule has 0 aliphatic rings. The molecule has 0 amide bonds. The van der Waals surface area contributed by atoms with E-state index in [4.69, 9.17) is 10.9 Å². The quantitative estimate of drug-likeness (QED) is 0.294. The molecule has 0 fully saturated rings. The number of hydrogen-bond acceptors (Lipinski definition) is 3. The molecule has 7 heteroatoms. The molecule has 0 bridgehead atoms. The number of nitrogens with zero attached hydrogens (tertiary/aromatic N) is 1. The highest BCUT2D eigenvalue weighted by Gasteiger charge is 2.30. The summed E-state index contributed by atoms with van der Waals surface area (Å²) in [5.41, 5.74) is 4.92. The molecule has 0 heterocycles. The van der Waals surface area contributed by atoms with E-state index in [1.165, 1.54) is 6.92 Å². The van der Waals surface area contributed by atoms with Gasteiger partial charge in [-0.05, 0) is 19.9 Å². The average molecular weight is 255 g/mol. The van der Waals surface area contributed by atoms with Crippen molar-refractivity contribution in [3.63, 3.8) is 0 Å². The van der Waals surface area contributed by atoms with Crippen LogP contribution in [0.25, 0.3) is 0 Å². The van der Waals surface area contributed by atoms with Gasteiger partial charge in [0.2, 0.25) is 0 Å². The molecule has 4 nitrogen and oxygen atoms in total. The van der Waals surface area contributed by atoms with Crippen molar-refractivity contribution in [3.05, 3.63) is 0 Å². The molecule has 0 aliphatic heterocycles. The van der Waals surface area contributed by atoms with Gasteiger partial charge in [-0.2, -0.15) is 13.2 Å². The summed E-state index contributed by atoms with van der Waals surface area (Å²) in [5, 5.41) is 14.2. The molecular weight excluding hydrogens is 235 g/mol. The zero-order valence-electron chi connectivity index (χ0n) is 10.3. The lowest BCUT2D eigenvalue weighted by atomic mass is 9.88. The number of nitrogens with one attached hydrogen (secondary N) is 1. The van der Waals surface area contributed by atoms with Gasteiger partial charge in [0, 0.05) is 11.5 Å². The monoisotopic (exact) mass is 255 g/mol. The maximum atomic E-state index is 12.0. The molecule has 4 N–H and O–H groups in total. The third-order valence-electron chi connectivity index (χ3n) is 2.58. The van der Waals surface area contributed by atoms with E-state index in [1.807, 2.05) is 0 Å². The van der Waals surface area contributed by atoms with Crippen molar-refractivity contribution in [1.29, 1.82) is 0 Å². The zero-order chi connectivity index (χ0) is 13.7. The number of nitrogens with two attached hydrogens (primary N) is 1. The highest BCUT2D eigenvalue weighted by atomic mass is 19.4. The van der Waals surface area contributed by atoms with Gasteiger partial charge in [-0.3, -0.25) is 0 Å². The van der Waals surface area contributed by atoms with E-state index in [1.54, 1.807) is 13.8 Å². The highest BCUT2D eigenvalue weighted by molar-refractivity contribution is 5.85. The summed E-state index contributed by atoms with van der Waals surface area (Å²) in [5.74, 6) is 0.0720. The average Bonchev–Trinajstić information content (AvgIpc) is 2.13. The first-order valence-electron chi connectivity index (χ1n) is 5.36. The van der Waals surface area contributed by atoms with Gasteiger partial charge < -0.3 is 16.3 Å². The van der Waals surface area contributed by atoms with Crippen LogP contribution in [0.15, 0.2) is 5.16 Å². The van der Waals surface area contributed by atoms with E-state index in [-0.39, 0.29) is 5.84 Å². The second-order valence-electron chi connectivity index (χ2n) is 4.79. The summed E-state index contributed by atoms with van der Waals surface area (Å²) >= 11 is 0. The van der Waals surface area contributed by atoms with Crippen LogP contribution < -0.4 is 11.1 Å². The van der Waals surface area contributed by atoms with Gasteiger partial charge in [-0.1, -0.05) is 19.0 Å². The molecule has 0 saturated heterocycles. The van der Waals surface area contributed by atoms with E-state index >= 15 is 0 Å². The molecular formula is C10H20F3N3O. The van der Waals surface area contributed by atoms with Crippen molar-refractivity contribution < 1.29 is 18.4 Å². The van der Waals surface area contributed by atoms with Crippen LogP contribution in [0.1, 0.15) is 33.6 Å². The number of rotatable bonds is 6. The molecule has 0 aliphatic carbocycles. The predicted molar refractivity (Wildman–Crippen MR) is 59.9 cm³/mol. The first kappa shape index (κ1) is 16.0. The fourth-order valence-corrected chi connectivity index (χ4v) is 1.31. The van der Waals surface area contributed by atoms with E-state index in [2.05, 4.69) is 10.5 Å². The van der Waals surface area contributed by atoms with Crippen molar-refractivity contribution in [1.82, 2.24) is 5.32 Å². The van der Waals surface area contributed by atoms with Gasteiger partial charge in [0.05, 0.1) is 6.42 Å². The van der Waals surface area contributed by atoms with Crippen molar-refractivity contribution in [3.8, 4) is 0 Å². The van der Waals surface area contributed by atoms with E-state index in [0.29, 0.717) is 13.0 Å². The van der Waals surface area contributed by atoms with E-state index in [9.17, 15) is 13.2 Å². The standard InChI is InChI=1S/C10H20F3N3O/c1-7(6-10(11,12)13)15-5-4-9(2,3)8(14)16-17/h7,15,17H,4-6H2,1-3H3,(H2,14,16). The van der Waals surface area contributed by atoms with Crippen LogP contribution in [0.4, 0.5) is 13.2 Å². The smallest absolute Gasteiger partial charge is 0.390 e. The zero-order valence-corrected chi connectivity index (χ0v) is 10.3. The molecule has 0 spiro atoms. The predicted octanol–water partition coefficient (Wildman–Crippen LogP) is 2.08. The van der Waals surface area contributed by atoms with Crippen molar-refractivity contribution in [2.45, 2.75) is 45.8 Å². The summed E-state index contributed by atoms with van der Waals surface area (Å²) in [6.07, 6.45) is -4.53. The fraction of sp³-hybridized carbons (Fsp3) is 0.900. The molecule has 0 saturated carbocycles. The molecule has 1 atom stereocenters. The maximum absolute atomic E-state index is 12.0. The number of oxime groups is 1. The lowest BCUT2D eigenvalue weighted by molar-refractivity contribution is -0.139. The topological polar surface area (TPSA) is 70.6 Å². The summed E-state index contributed by atoms with van der Waals surface area (Å²) in [6, 6.07) is -0.641. The van der Waals surface area contributed by atoms with Crippen LogP contribution in [0.2, 0.25) is 0 Å². The Kier molecular flexibility index (Phi) is 5.74. The van der Waals surface area contributed by atoms with Crippen LogP contribution in [0.3, 0.4) is 0 Å². The Bertz CT molecular complexity index is 264. The van der Waals surface area contributed by atoms with E-state index < -0.39 is 24.1 Å². The van der Waals surface area contributed by atoms with Gasteiger partial charge in [0.25, 0.3) is 0 Å². The SMILES string of the molecule is CC(CC(F)(F)F)NCCC(C)(C)C(N)=NO. The largest absolute Gasteiger partial charge is 0.409 e. The summed E-state index contributed by atoms with van der Waals surface area (Å²) in [6.45, 7) is 5.38.